The third kappa shape index (κ3) is 3.94. The van der Waals surface area contributed by atoms with E-state index in [1.54, 1.807) is 12.4 Å². The summed E-state index contributed by atoms with van der Waals surface area (Å²) < 4.78 is 40.3. The van der Waals surface area contributed by atoms with Crippen molar-refractivity contribution in [2.75, 3.05) is 11.9 Å². The second-order valence-corrected chi connectivity index (χ2v) is 7.02. The van der Waals surface area contributed by atoms with Crippen molar-refractivity contribution in [1.82, 2.24) is 14.4 Å². The molecular weight excluding hydrogens is 377 g/mol. The Bertz CT molecular complexity index is 1130. The highest BCUT2D eigenvalue weighted by atomic mass is 19.4. The first-order valence-corrected chi connectivity index (χ1v) is 9.09. The van der Waals surface area contributed by atoms with Gasteiger partial charge < -0.3 is 4.90 Å². The van der Waals surface area contributed by atoms with Crippen LogP contribution >= 0.6 is 0 Å². The molecule has 29 heavy (non-hydrogen) atoms. The standard InChI is InChI=1S/C22H19F3N4/c1-15-3-9-19(10-4-15)28(2)13-18-14-29-20(11-27-21(29)12-26-18)16-5-7-17(8-6-16)22(23,24)25/h3-12,14H,13H2,1-2H3. The van der Waals surface area contributed by atoms with Crippen LogP contribution < -0.4 is 4.90 Å². The summed E-state index contributed by atoms with van der Waals surface area (Å²) in [5, 5.41) is 0. The third-order valence-electron chi connectivity index (χ3n) is 4.83. The number of hydrogen-bond acceptors (Lipinski definition) is 3. The van der Waals surface area contributed by atoms with Gasteiger partial charge >= 0.3 is 6.18 Å². The van der Waals surface area contributed by atoms with E-state index >= 15 is 0 Å². The van der Waals surface area contributed by atoms with E-state index in [1.807, 2.05) is 24.6 Å². The average Bonchev–Trinajstić information content (AvgIpc) is 3.11. The third-order valence-corrected chi connectivity index (χ3v) is 4.83. The summed E-state index contributed by atoms with van der Waals surface area (Å²) >= 11 is 0. The van der Waals surface area contributed by atoms with E-state index in [1.165, 1.54) is 17.7 Å². The molecule has 0 bridgehead atoms. The molecule has 0 aliphatic carbocycles. The lowest BCUT2D eigenvalue weighted by atomic mass is 10.1. The molecule has 148 valence electrons. The highest BCUT2D eigenvalue weighted by molar-refractivity contribution is 5.63. The van der Waals surface area contributed by atoms with Gasteiger partial charge in [0.2, 0.25) is 0 Å². The molecule has 2 heterocycles. The van der Waals surface area contributed by atoms with Gasteiger partial charge in [-0.15, -0.1) is 0 Å². The van der Waals surface area contributed by atoms with E-state index in [2.05, 4.69) is 39.1 Å². The predicted octanol–water partition coefficient (Wildman–Crippen LogP) is 5.36. The highest BCUT2D eigenvalue weighted by Crippen LogP contribution is 2.31. The molecule has 0 spiro atoms. The number of aryl methyl sites for hydroxylation is 1. The second-order valence-electron chi connectivity index (χ2n) is 7.02. The number of alkyl halides is 3. The van der Waals surface area contributed by atoms with Gasteiger partial charge in [-0.2, -0.15) is 13.2 Å². The van der Waals surface area contributed by atoms with Crippen LogP contribution in [0.2, 0.25) is 0 Å². The number of imidazole rings is 1. The van der Waals surface area contributed by atoms with Crippen molar-refractivity contribution in [3.63, 3.8) is 0 Å². The van der Waals surface area contributed by atoms with Crippen LogP contribution in [0.3, 0.4) is 0 Å². The van der Waals surface area contributed by atoms with Crippen molar-refractivity contribution in [3.05, 3.63) is 83.9 Å². The smallest absolute Gasteiger partial charge is 0.369 e. The number of nitrogens with zero attached hydrogens (tertiary/aromatic N) is 4. The van der Waals surface area contributed by atoms with Crippen molar-refractivity contribution in [1.29, 1.82) is 0 Å². The number of rotatable bonds is 4. The lowest BCUT2D eigenvalue weighted by molar-refractivity contribution is -0.137. The van der Waals surface area contributed by atoms with Crippen LogP contribution in [0, 0.1) is 6.92 Å². The van der Waals surface area contributed by atoms with Crippen molar-refractivity contribution in [2.45, 2.75) is 19.6 Å². The summed E-state index contributed by atoms with van der Waals surface area (Å²) in [6.07, 6.45) is 0.842. The Morgan fingerprint density at radius 1 is 0.931 bits per heavy atom. The second kappa shape index (κ2) is 7.24. The number of anilines is 1. The predicted molar refractivity (Wildman–Crippen MR) is 107 cm³/mol. The molecule has 0 unspecified atom stereocenters. The van der Waals surface area contributed by atoms with Crippen molar-refractivity contribution in [3.8, 4) is 11.3 Å². The van der Waals surface area contributed by atoms with E-state index in [-0.39, 0.29) is 0 Å². The fourth-order valence-electron chi connectivity index (χ4n) is 3.19. The average molecular weight is 396 g/mol. The van der Waals surface area contributed by atoms with Gasteiger partial charge in [-0.3, -0.25) is 9.38 Å². The van der Waals surface area contributed by atoms with E-state index < -0.39 is 11.7 Å². The fourth-order valence-corrected chi connectivity index (χ4v) is 3.19. The van der Waals surface area contributed by atoms with E-state index in [0.29, 0.717) is 17.8 Å². The van der Waals surface area contributed by atoms with Gasteiger partial charge in [0.1, 0.15) is 0 Å². The topological polar surface area (TPSA) is 33.4 Å². The summed E-state index contributed by atoms with van der Waals surface area (Å²) in [4.78, 5) is 10.9. The number of halogens is 3. The maximum absolute atomic E-state index is 12.8. The minimum Gasteiger partial charge on any atom is -0.369 e. The summed E-state index contributed by atoms with van der Waals surface area (Å²) in [6.45, 7) is 2.63. The van der Waals surface area contributed by atoms with Gasteiger partial charge in [0.15, 0.2) is 5.65 Å². The molecule has 0 aliphatic heterocycles. The van der Waals surface area contributed by atoms with Crippen molar-refractivity contribution in [2.24, 2.45) is 0 Å². The maximum Gasteiger partial charge on any atom is 0.416 e. The Kier molecular flexibility index (Phi) is 4.74. The number of aromatic nitrogens is 3. The molecule has 0 saturated heterocycles. The van der Waals surface area contributed by atoms with E-state index in [0.717, 1.165) is 29.2 Å². The first-order chi connectivity index (χ1) is 13.8. The molecule has 0 radical (unpaired) electrons. The zero-order valence-corrected chi connectivity index (χ0v) is 16.0. The fraction of sp³-hybridized carbons (Fsp3) is 0.182. The first kappa shape index (κ1) is 19.0. The molecule has 7 heteroatoms. The van der Waals surface area contributed by atoms with Gasteiger partial charge in [0, 0.05) is 24.5 Å². The van der Waals surface area contributed by atoms with Crippen LogP contribution in [0.4, 0.5) is 18.9 Å². The maximum atomic E-state index is 12.8. The quantitative estimate of drug-likeness (QED) is 0.466. The molecule has 0 N–H and O–H groups in total. The molecule has 2 aromatic carbocycles. The Morgan fingerprint density at radius 3 is 2.28 bits per heavy atom. The summed E-state index contributed by atoms with van der Waals surface area (Å²) in [5.74, 6) is 0. The molecular formula is C22H19F3N4. The molecule has 0 atom stereocenters. The Hall–Kier alpha value is -3.35. The molecule has 0 saturated carbocycles. The summed E-state index contributed by atoms with van der Waals surface area (Å²) in [5.41, 5.74) is 4.45. The lowest BCUT2D eigenvalue weighted by Gasteiger charge is -2.19. The molecule has 0 aliphatic rings. The van der Waals surface area contributed by atoms with Gasteiger partial charge in [-0.25, -0.2) is 4.98 Å². The number of benzene rings is 2. The largest absolute Gasteiger partial charge is 0.416 e. The Balaban J connectivity index is 1.63. The minimum absolute atomic E-state index is 0.587. The van der Waals surface area contributed by atoms with Crippen molar-refractivity contribution < 1.29 is 13.2 Å². The number of fused-ring (bicyclic) bond motifs is 1. The van der Waals surface area contributed by atoms with Crippen LogP contribution in [0.1, 0.15) is 16.8 Å². The first-order valence-electron chi connectivity index (χ1n) is 9.09. The van der Waals surface area contributed by atoms with Gasteiger partial charge in [-0.05, 0) is 31.2 Å². The summed E-state index contributed by atoms with van der Waals surface area (Å²) in [7, 11) is 1.99. The van der Waals surface area contributed by atoms with E-state index in [9.17, 15) is 13.2 Å². The highest BCUT2D eigenvalue weighted by Gasteiger charge is 2.30. The van der Waals surface area contributed by atoms with Crippen LogP contribution in [0.15, 0.2) is 67.1 Å². The lowest BCUT2D eigenvalue weighted by Crippen LogP contribution is -2.17. The number of hydrogen-bond donors (Lipinski definition) is 0. The summed E-state index contributed by atoms with van der Waals surface area (Å²) in [6, 6.07) is 13.3. The molecule has 4 aromatic rings. The van der Waals surface area contributed by atoms with Crippen LogP contribution in [0.5, 0.6) is 0 Å². The van der Waals surface area contributed by atoms with Crippen LogP contribution in [-0.2, 0) is 12.7 Å². The Labute approximate surface area is 166 Å². The molecule has 2 aromatic heterocycles. The molecule has 4 rings (SSSR count). The molecule has 0 amide bonds. The van der Waals surface area contributed by atoms with Crippen LogP contribution in [0.25, 0.3) is 16.9 Å². The van der Waals surface area contributed by atoms with Crippen LogP contribution in [-0.4, -0.2) is 21.4 Å². The normalized spacial score (nSPS) is 11.8. The molecule has 0 fully saturated rings. The Morgan fingerprint density at radius 2 is 1.62 bits per heavy atom. The monoisotopic (exact) mass is 396 g/mol. The zero-order chi connectivity index (χ0) is 20.6. The van der Waals surface area contributed by atoms with Gasteiger partial charge in [-0.1, -0.05) is 29.8 Å². The minimum atomic E-state index is -4.35. The molecule has 4 nitrogen and oxygen atoms in total. The van der Waals surface area contributed by atoms with E-state index in [4.69, 9.17) is 0 Å². The zero-order valence-electron chi connectivity index (χ0n) is 16.0. The van der Waals surface area contributed by atoms with Crippen molar-refractivity contribution >= 4 is 11.3 Å². The van der Waals surface area contributed by atoms with Gasteiger partial charge in [0.05, 0.1) is 35.9 Å². The van der Waals surface area contributed by atoms with Gasteiger partial charge in [0.25, 0.3) is 0 Å². The SMILES string of the molecule is Cc1ccc(N(C)Cc2cn3c(-c4ccc(C(F)(F)F)cc4)cnc3cn2)cc1.